The van der Waals surface area contributed by atoms with Crippen LogP contribution in [0.15, 0.2) is 41.3 Å². The molecule has 6 nitrogen and oxygen atoms in total. The van der Waals surface area contributed by atoms with Crippen molar-refractivity contribution in [2.24, 2.45) is 11.8 Å². The highest BCUT2D eigenvalue weighted by Crippen LogP contribution is 2.36. The summed E-state index contributed by atoms with van der Waals surface area (Å²) in [6.07, 6.45) is 4.51. The lowest BCUT2D eigenvalue weighted by atomic mass is 9.85. The first-order valence-electron chi connectivity index (χ1n) is 6.94. The molecule has 2 unspecified atom stereocenters. The molecule has 0 aromatic heterocycles. The van der Waals surface area contributed by atoms with Crippen molar-refractivity contribution in [2.75, 3.05) is 0 Å². The van der Waals surface area contributed by atoms with Gasteiger partial charge in [-0.3, -0.25) is 9.59 Å². The number of carbonyl (C=O) groups is 2. The van der Waals surface area contributed by atoms with Crippen LogP contribution in [0.3, 0.4) is 0 Å². The molecule has 0 saturated carbocycles. The second-order valence-electron chi connectivity index (χ2n) is 5.47. The van der Waals surface area contributed by atoms with Crippen molar-refractivity contribution in [2.45, 2.75) is 24.7 Å². The summed E-state index contributed by atoms with van der Waals surface area (Å²) in [5.41, 5.74) is 0.893. The van der Waals surface area contributed by atoms with E-state index >= 15 is 0 Å². The summed E-state index contributed by atoms with van der Waals surface area (Å²) in [6.45, 7) is 1.82. The minimum absolute atomic E-state index is 0.0910. The lowest BCUT2D eigenvalue weighted by Gasteiger charge is -2.14. The number of hydrogen-bond acceptors (Lipinski definition) is 5. The van der Waals surface area contributed by atoms with Crippen molar-refractivity contribution in [3.05, 3.63) is 42.0 Å². The number of allylic oxidation sites excluding steroid dienone is 2. The molecule has 0 bridgehead atoms. The molecule has 2 atom stereocenters. The molecule has 2 amide bonds. The third kappa shape index (κ3) is 2.46. The fraction of sp³-hybridized carbons (Fsp3) is 0.333. The third-order valence-electron chi connectivity index (χ3n) is 3.95. The fourth-order valence-corrected chi connectivity index (χ4v) is 3.59. The van der Waals surface area contributed by atoms with Gasteiger partial charge >= 0.3 is 10.1 Å². The largest absolute Gasteiger partial charge is 0.318 e. The summed E-state index contributed by atoms with van der Waals surface area (Å²) in [4.78, 5) is 24.3. The Balaban J connectivity index is 1.85. The van der Waals surface area contributed by atoms with Crippen LogP contribution in [0.25, 0.3) is 0 Å². The molecule has 2 aliphatic rings. The molecular weight excluding hydrogens is 306 g/mol. The molecule has 1 aliphatic heterocycles. The van der Waals surface area contributed by atoms with E-state index in [9.17, 15) is 18.0 Å². The van der Waals surface area contributed by atoms with Crippen LogP contribution in [0.5, 0.6) is 0 Å². The van der Waals surface area contributed by atoms with E-state index in [1.807, 2.05) is 19.1 Å². The summed E-state index contributed by atoms with van der Waals surface area (Å²) in [5.74, 6) is -2.22. The first-order chi connectivity index (χ1) is 10.4. The first-order valence-corrected chi connectivity index (χ1v) is 8.35. The Kier molecular flexibility index (Phi) is 3.62. The topological polar surface area (TPSA) is 80.8 Å². The van der Waals surface area contributed by atoms with Gasteiger partial charge in [-0.1, -0.05) is 29.8 Å². The summed E-state index contributed by atoms with van der Waals surface area (Å²) in [6, 6.07) is 6.00. The van der Waals surface area contributed by atoms with E-state index in [2.05, 4.69) is 0 Å². The number of hydrogen-bond donors (Lipinski definition) is 0. The van der Waals surface area contributed by atoms with Gasteiger partial charge in [-0.25, -0.2) is 0 Å². The van der Waals surface area contributed by atoms with Crippen LogP contribution in [-0.4, -0.2) is 25.3 Å². The molecule has 1 aromatic carbocycles. The minimum Gasteiger partial charge on any atom is -0.272 e. The van der Waals surface area contributed by atoms with Gasteiger partial charge < -0.3 is 0 Å². The number of carbonyl (C=O) groups excluding carboxylic acids is 2. The highest BCUT2D eigenvalue weighted by Gasteiger charge is 2.50. The van der Waals surface area contributed by atoms with Crippen molar-refractivity contribution < 1.29 is 22.3 Å². The Bertz CT molecular complexity index is 725. The fourth-order valence-electron chi connectivity index (χ4n) is 2.69. The smallest absolute Gasteiger partial charge is 0.272 e. The maximum Gasteiger partial charge on any atom is 0.318 e. The van der Waals surface area contributed by atoms with Gasteiger partial charge in [0.05, 0.1) is 16.7 Å². The van der Waals surface area contributed by atoms with Gasteiger partial charge in [0.15, 0.2) is 0 Å². The molecular formula is C15H15NO5S. The summed E-state index contributed by atoms with van der Waals surface area (Å²) in [7, 11) is -4.21. The first kappa shape index (κ1) is 14.9. The van der Waals surface area contributed by atoms with E-state index in [-0.39, 0.29) is 4.90 Å². The summed E-state index contributed by atoms with van der Waals surface area (Å²) in [5, 5.41) is 0.414. The normalized spacial score (nSPS) is 24.7. The van der Waals surface area contributed by atoms with Gasteiger partial charge in [0, 0.05) is 0 Å². The van der Waals surface area contributed by atoms with E-state index in [1.165, 1.54) is 12.1 Å². The Morgan fingerprint density at radius 3 is 2.00 bits per heavy atom. The van der Waals surface area contributed by atoms with E-state index in [4.69, 9.17) is 4.28 Å². The third-order valence-corrected chi connectivity index (χ3v) is 5.14. The Hall–Kier alpha value is -1.99. The molecule has 7 heteroatoms. The van der Waals surface area contributed by atoms with E-state index in [1.54, 1.807) is 12.1 Å². The van der Waals surface area contributed by atoms with Gasteiger partial charge in [0.2, 0.25) is 0 Å². The molecule has 0 radical (unpaired) electrons. The zero-order valence-electron chi connectivity index (χ0n) is 11.9. The number of rotatable bonds is 3. The van der Waals surface area contributed by atoms with Crippen LogP contribution in [0.2, 0.25) is 0 Å². The second-order valence-corrected chi connectivity index (χ2v) is 7.00. The van der Waals surface area contributed by atoms with Gasteiger partial charge in [-0.15, -0.1) is 9.35 Å². The molecule has 3 rings (SSSR count). The van der Waals surface area contributed by atoms with Gasteiger partial charge in [0.1, 0.15) is 0 Å². The van der Waals surface area contributed by atoms with E-state index in [0.717, 1.165) is 5.56 Å². The predicted octanol–water partition coefficient (Wildman–Crippen LogP) is 1.57. The van der Waals surface area contributed by atoms with Crippen LogP contribution in [0.1, 0.15) is 18.4 Å². The number of imide groups is 1. The quantitative estimate of drug-likeness (QED) is 0.623. The maximum atomic E-state index is 12.2. The number of hydroxylamine groups is 2. The minimum atomic E-state index is -4.21. The number of nitrogens with zero attached hydrogens (tertiary/aromatic N) is 1. The molecule has 116 valence electrons. The van der Waals surface area contributed by atoms with Crippen LogP contribution >= 0.6 is 0 Å². The van der Waals surface area contributed by atoms with Gasteiger partial charge in [-0.05, 0) is 31.9 Å². The average molecular weight is 321 g/mol. The Morgan fingerprint density at radius 1 is 1.00 bits per heavy atom. The lowest BCUT2D eigenvalue weighted by Crippen LogP contribution is -2.33. The molecule has 1 aliphatic carbocycles. The zero-order valence-corrected chi connectivity index (χ0v) is 12.7. The molecule has 1 fully saturated rings. The van der Waals surface area contributed by atoms with Crippen LogP contribution in [-0.2, 0) is 24.0 Å². The van der Waals surface area contributed by atoms with Crippen molar-refractivity contribution >= 4 is 21.9 Å². The van der Waals surface area contributed by atoms with Gasteiger partial charge in [0.25, 0.3) is 11.8 Å². The monoisotopic (exact) mass is 321 g/mol. The van der Waals surface area contributed by atoms with Crippen LogP contribution in [0.4, 0.5) is 0 Å². The molecule has 22 heavy (non-hydrogen) atoms. The molecule has 0 N–H and O–H groups in total. The Labute approximate surface area is 128 Å². The number of aryl methyl sites for hydroxylation is 1. The van der Waals surface area contributed by atoms with Gasteiger partial charge in [-0.2, -0.15) is 8.42 Å². The Morgan fingerprint density at radius 2 is 1.50 bits per heavy atom. The SMILES string of the molecule is Cc1ccc(S(=O)(=O)ON2C(=O)C3CC=CCC3C2=O)cc1. The number of amides is 2. The molecule has 0 spiro atoms. The van der Waals surface area contributed by atoms with Crippen LogP contribution < -0.4 is 0 Å². The molecule has 1 heterocycles. The average Bonchev–Trinajstić information content (AvgIpc) is 2.73. The van der Waals surface area contributed by atoms with E-state index < -0.39 is 33.8 Å². The van der Waals surface area contributed by atoms with Crippen molar-refractivity contribution in [1.29, 1.82) is 0 Å². The summed E-state index contributed by atoms with van der Waals surface area (Å²) < 4.78 is 29.2. The number of fused-ring (bicyclic) bond motifs is 1. The maximum absolute atomic E-state index is 12.2. The second kappa shape index (κ2) is 5.33. The van der Waals surface area contributed by atoms with Crippen molar-refractivity contribution in [3.63, 3.8) is 0 Å². The summed E-state index contributed by atoms with van der Waals surface area (Å²) >= 11 is 0. The standard InChI is InChI=1S/C15H15NO5S/c1-10-6-8-11(9-7-10)22(19,20)21-16-14(17)12-4-2-3-5-13(12)15(16)18/h2-3,6-9,12-13H,4-5H2,1H3. The predicted molar refractivity (Wildman–Crippen MR) is 76.7 cm³/mol. The molecule has 1 aromatic rings. The van der Waals surface area contributed by atoms with Crippen molar-refractivity contribution in [1.82, 2.24) is 5.06 Å². The van der Waals surface area contributed by atoms with Crippen molar-refractivity contribution in [3.8, 4) is 0 Å². The molecule has 1 saturated heterocycles. The zero-order chi connectivity index (χ0) is 15.9. The van der Waals surface area contributed by atoms with E-state index in [0.29, 0.717) is 17.9 Å². The van der Waals surface area contributed by atoms with Crippen LogP contribution in [0, 0.1) is 18.8 Å². The number of benzene rings is 1. The highest BCUT2D eigenvalue weighted by atomic mass is 32.2. The lowest BCUT2D eigenvalue weighted by molar-refractivity contribution is -0.165. The highest BCUT2D eigenvalue weighted by molar-refractivity contribution is 7.86.